The quantitative estimate of drug-likeness (QED) is 0.837. The molecule has 1 atom stereocenters. The fraction of sp³-hybridized carbons (Fsp3) is 0.385. The van der Waals surface area contributed by atoms with Crippen molar-refractivity contribution in [2.24, 2.45) is 0 Å². The topological polar surface area (TPSA) is 52.0 Å². The van der Waals surface area contributed by atoms with E-state index in [4.69, 9.17) is 4.74 Å². The van der Waals surface area contributed by atoms with E-state index in [0.717, 1.165) is 12.2 Å². The van der Waals surface area contributed by atoms with Crippen LogP contribution in [0.5, 0.6) is 0 Å². The van der Waals surface area contributed by atoms with Gasteiger partial charge in [-0.1, -0.05) is 18.2 Å². The molecule has 0 bridgehead atoms. The Kier molecular flexibility index (Phi) is 4.44. The van der Waals surface area contributed by atoms with Crippen LogP contribution in [0, 0.1) is 0 Å². The molecule has 0 radical (unpaired) electrons. The van der Waals surface area contributed by atoms with E-state index in [2.05, 4.69) is 28.4 Å². The lowest BCUT2D eigenvalue weighted by atomic mass is 10.1. The number of para-hydroxylation sites is 1. The molecule has 96 valence electrons. The zero-order valence-electron chi connectivity index (χ0n) is 10.7. The first-order chi connectivity index (χ1) is 8.81. The first-order valence-corrected chi connectivity index (χ1v) is 5.96. The van der Waals surface area contributed by atoms with Crippen molar-refractivity contribution in [2.75, 3.05) is 13.7 Å². The van der Waals surface area contributed by atoms with Gasteiger partial charge in [-0.2, -0.15) is 5.10 Å². The molecule has 0 aliphatic heterocycles. The fourth-order valence-electron chi connectivity index (χ4n) is 1.81. The molecule has 1 aromatic heterocycles. The third-order valence-corrected chi connectivity index (χ3v) is 2.71. The Bertz CT molecular complexity index is 470. The van der Waals surface area contributed by atoms with Crippen LogP contribution in [0.1, 0.15) is 12.5 Å². The van der Waals surface area contributed by atoms with Crippen LogP contribution >= 0.6 is 0 Å². The molecule has 1 N–H and O–H groups in total. The summed E-state index contributed by atoms with van der Waals surface area (Å²) in [6.45, 7) is 3.58. The predicted octanol–water partition coefficient (Wildman–Crippen LogP) is 1.39. The Balaban J connectivity index is 2.09. The average molecular weight is 246 g/mol. The van der Waals surface area contributed by atoms with E-state index in [9.17, 15) is 0 Å². The van der Waals surface area contributed by atoms with Crippen LogP contribution in [-0.4, -0.2) is 34.5 Å². The second kappa shape index (κ2) is 6.28. The minimum Gasteiger partial charge on any atom is -0.383 e. The van der Waals surface area contributed by atoms with Crippen molar-refractivity contribution in [3.8, 4) is 5.69 Å². The molecule has 0 aliphatic carbocycles. The molecule has 5 nitrogen and oxygen atoms in total. The highest BCUT2D eigenvalue weighted by Crippen LogP contribution is 2.12. The lowest BCUT2D eigenvalue weighted by Crippen LogP contribution is -2.29. The molecular formula is C13H18N4O. The average Bonchev–Trinajstić information content (AvgIpc) is 2.91. The highest BCUT2D eigenvalue weighted by atomic mass is 16.5. The monoisotopic (exact) mass is 246 g/mol. The summed E-state index contributed by atoms with van der Waals surface area (Å²) in [6.07, 6.45) is 3.25. The second-order valence-electron chi connectivity index (χ2n) is 4.21. The first-order valence-electron chi connectivity index (χ1n) is 5.96. The number of aromatic nitrogens is 3. The van der Waals surface area contributed by atoms with Gasteiger partial charge in [-0.25, -0.2) is 9.67 Å². The summed E-state index contributed by atoms with van der Waals surface area (Å²) in [5, 5.41) is 7.58. The molecule has 0 saturated carbocycles. The summed E-state index contributed by atoms with van der Waals surface area (Å²) >= 11 is 0. The summed E-state index contributed by atoms with van der Waals surface area (Å²) in [6, 6.07) is 8.46. The maximum atomic E-state index is 5.10. The summed E-state index contributed by atoms with van der Waals surface area (Å²) < 4.78 is 6.88. The number of hydrogen-bond donors (Lipinski definition) is 1. The zero-order valence-corrected chi connectivity index (χ0v) is 10.7. The molecule has 2 aromatic rings. The van der Waals surface area contributed by atoms with Crippen LogP contribution < -0.4 is 5.32 Å². The summed E-state index contributed by atoms with van der Waals surface area (Å²) in [5.74, 6) is 0. The van der Waals surface area contributed by atoms with Crippen LogP contribution in [0.2, 0.25) is 0 Å². The minimum absolute atomic E-state index is 0.318. The Hall–Kier alpha value is -1.72. The SMILES string of the molecule is COCC(C)NCc1ccccc1-n1cncn1. The van der Waals surface area contributed by atoms with Crippen LogP contribution in [-0.2, 0) is 11.3 Å². The Morgan fingerprint density at radius 1 is 1.39 bits per heavy atom. The van der Waals surface area contributed by atoms with Crippen molar-refractivity contribution in [3.05, 3.63) is 42.5 Å². The third kappa shape index (κ3) is 3.15. The summed E-state index contributed by atoms with van der Waals surface area (Å²) in [4.78, 5) is 3.98. The third-order valence-electron chi connectivity index (χ3n) is 2.71. The van der Waals surface area contributed by atoms with Gasteiger partial charge in [0.15, 0.2) is 0 Å². The molecule has 2 rings (SSSR count). The van der Waals surface area contributed by atoms with Gasteiger partial charge in [-0.15, -0.1) is 0 Å². The number of benzene rings is 1. The molecule has 0 spiro atoms. The van der Waals surface area contributed by atoms with Gasteiger partial charge in [0.1, 0.15) is 12.7 Å². The predicted molar refractivity (Wildman–Crippen MR) is 69.5 cm³/mol. The lowest BCUT2D eigenvalue weighted by Gasteiger charge is -2.14. The Labute approximate surface area is 107 Å². The highest BCUT2D eigenvalue weighted by Gasteiger charge is 2.06. The standard InChI is InChI=1S/C13H18N4O/c1-11(8-18-2)15-7-12-5-3-4-6-13(12)17-10-14-9-16-17/h3-6,9-11,15H,7-8H2,1-2H3. The van der Waals surface area contributed by atoms with Crippen LogP contribution in [0.25, 0.3) is 5.69 Å². The molecule has 1 aromatic carbocycles. The zero-order chi connectivity index (χ0) is 12.8. The summed E-state index contributed by atoms with van der Waals surface area (Å²) in [5.41, 5.74) is 2.23. The highest BCUT2D eigenvalue weighted by molar-refractivity contribution is 5.39. The van der Waals surface area contributed by atoms with Gasteiger partial charge in [0, 0.05) is 19.7 Å². The number of methoxy groups -OCH3 is 1. The molecule has 0 aliphatic rings. The van der Waals surface area contributed by atoms with Gasteiger partial charge in [-0.3, -0.25) is 0 Å². The Morgan fingerprint density at radius 2 is 2.22 bits per heavy atom. The van der Waals surface area contributed by atoms with Crippen LogP contribution in [0.15, 0.2) is 36.9 Å². The van der Waals surface area contributed by atoms with Crippen molar-refractivity contribution in [3.63, 3.8) is 0 Å². The maximum Gasteiger partial charge on any atom is 0.138 e. The van der Waals surface area contributed by atoms with Crippen LogP contribution in [0.3, 0.4) is 0 Å². The van der Waals surface area contributed by atoms with Gasteiger partial charge in [0.05, 0.1) is 12.3 Å². The molecule has 1 unspecified atom stereocenters. The van der Waals surface area contributed by atoms with Crippen molar-refractivity contribution in [2.45, 2.75) is 19.5 Å². The maximum absolute atomic E-state index is 5.10. The smallest absolute Gasteiger partial charge is 0.138 e. The largest absolute Gasteiger partial charge is 0.383 e. The fourth-order valence-corrected chi connectivity index (χ4v) is 1.81. The molecule has 1 heterocycles. The van der Waals surface area contributed by atoms with E-state index in [-0.39, 0.29) is 0 Å². The van der Waals surface area contributed by atoms with E-state index in [1.54, 1.807) is 18.1 Å². The number of hydrogen-bond acceptors (Lipinski definition) is 4. The van der Waals surface area contributed by atoms with E-state index < -0.39 is 0 Å². The molecule has 5 heteroatoms. The van der Waals surface area contributed by atoms with Crippen molar-refractivity contribution < 1.29 is 4.74 Å². The second-order valence-corrected chi connectivity index (χ2v) is 4.21. The normalized spacial score (nSPS) is 12.6. The molecular weight excluding hydrogens is 228 g/mol. The van der Waals surface area contributed by atoms with Gasteiger partial charge in [0.25, 0.3) is 0 Å². The number of nitrogens with zero attached hydrogens (tertiary/aromatic N) is 3. The summed E-state index contributed by atoms with van der Waals surface area (Å²) in [7, 11) is 1.71. The molecule has 18 heavy (non-hydrogen) atoms. The Morgan fingerprint density at radius 3 is 2.94 bits per heavy atom. The lowest BCUT2D eigenvalue weighted by molar-refractivity contribution is 0.171. The van der Waals surface area contributed by atoms with Crippen LogP contribution in [0.4, 0.5) is 0 Å². The van der Waals surface area contributed by atoms with E-state index >= 15 is 0 Å². The first kappa shape index (κ1) is 12.7. The van der Waals surface area contributed by atoms with Crippen molar-refractivity contribution >= 4 is 0 Å². The molecule has 0 amide bonds. The molecule has 0 fully saturated rings. The van der Waals surface area contributed by atoms with E-state index in [0.29, 0.717) is 12.6 Å². The number of nitrogens with one attached hydrogen (secondary N) is 1. The number of ether oxygens (including phenoxy) is 1. The van der Waals surface area contributed by atoms with Gasteiger partial charge >= 0.3 is 0 Å². The van der Waals surface area contributed by atoms with E-state index in [1.165, 1.54) is 11.9 Å². The minimum atomic E-state index is 0.318. The van der Waals surface area contributed by atoms with Gasteiger partial charge in [0.2, 0.25) is 0 Å². The molecule has 0 saturated heterocycles. The van der Waals surface area contributed by atoms with E-state index in [1.807, 2.05) is 18.2 Å². The van der Waals surface area contributed by atoms with Crippen molar-refractivity contribution in [1.29, 1.82) is 0 Å². The number of rotatable bonds is 6. The van der Waals surface area contributed by atoms with Gasteiger partial charge < -0.3 is 10.1 Å². The van der Waals surface area contributed by atoms with Gasteiger partial charge in [-0.05, 0) is 18.6 Å². The van der Waals surface area contributed by atoms with Crippen molar-refractivity contribution in [1.82, 2.24) is 20.1 Å².